The Morgan fingerprint density at radius 3 is 2.64 bits per heavy atom. The fraction of sp³-hybridized carbons (Fsp3) is 0.556. The van der Waals surface area contributed by atoms with Gasteiger partial charge in [-0.3, -0.25) is 0 Å². The summed E-state index contributed by atoms with van der Waals surface area (Å²) in [5, 5.41) is 3.66. The second-order valence-corrected chi connectivity index (χ2v) is 3.52. The highest BCUT2D eigenvalue weighted by molar-refractivity contribution is 6.30. The standard InChI is InChI=1S/C9H15ClN4/c1-11-4-3-5-14(2)9-12-6-8(10)7-13-9/h6-7,11H,3-5H2,1-2H3. The average Bonchev–Trinajstić information content (AvgIpc) is 2.19. The minimum Gasteiger partial charge on any atom is -0.344 e. The van der Waals surface area contributed by atoms with Gasteiger partial charge in [0.05, 0.1) is 17.4 Å². The molecule has 0 amide bonds. The van der Waals surface area contributed by atoms with Crippen molar-refractivity contribution < 1.29 is 0 Å². The normalized spacial score (nSPS) is 10.2. The van der Waals surface area contributed by atoms with E-state index in [9.17, 15) is 0 Å². The Hall–Kier alpha value is -0.870. The zero-order valence-electron chi connectivity index (χ0n) is 8.50. The first-order valence-electron chi connectivity index (χ1n) is 4.57. The van der Waals surface area contributed by atoms with Crippen LogP contribution in [0, 0.1) is 0 Å². The van der Waals surface area contributed by atoms with Crippen molar-refractivity contribution in [3.63, 3.8) is 0 Å². The molecule has 0 saturated carbocycles. The molecule has 4 nitrogen and oxygen atoms in total. The van der Waals surface area contributed by atoms with Gasteiger partial charge in [-0.2, -0.15) is 0 Å². The number of nitrogens with zero attached hydrogens (tertiary/aromatic N) is 3. The molecule has 1 aromatic rings. The van der Waals surface area contributed by atoms with E-state index in [0.29, 0.717) is 11.0 Å². The van der Waals surface area contributed by atoms with Crippen LogP contribution in [0.4, 0.5) is 5.95 Å². The van der Waals surface area contributed by atoms with E-state index < -0.39 is 0 Å². The van der Waals surface area contributed by atoms with E-state index in [-0.39, 0.29) is 0 Å². The lowest BCUT2D eigenvalue weighted by Crippen LogP contribution is -2.23. The maximum atomic E-state index is 5.69. The highest BCUT2D eigenvalue weighted by Crippen LogP contribution is 2.08. The van der Waals surface area contributed by atoms with Crippen molar-refractivity contribution in [2.45, 2.75) is 6.42 Å². The van der Waals surface area contributed by atoms with Crippen molar-refractivity contribution in [1.29, 1.82) is 0 Å². The summed E-state index contributed by atoms with van der Waals surface area (Å²) in [4.78, 5) is 10.2. The summed E-state index contributed by atoms with van der Waals surface area (Å²) in [5.41, 5.74) is 0. The summed E-state index contributed by atoms with van der Waals surface area (Å²) in [6.07, 6.45) is 4.29. The van der Waals surface area contributed by atoms with Crippen LogP contribution in [0.5, 0.6) is 0 Å². The molecule has 0 aliphatic carbocycles. The number of anilines is 1. The van der Waals surface area contributed by atoms with Crippen LogP contribution in [0.15, 0.2) is 12.4 Å². The Morgan fingerprint density at radius 1 is 1.43 bits per heavy atom. The van der Waals surface area contributed by atoms with E-state index in [1.54, 1.807) is 12.4 Å². The number of aromatic nitrogens is 2. The van der Waals surface area contributed by atoms with Crippen LogP contribution in [0.25, 0.3) is 0 Å². The molecular formula is C9H15ClN4. The van der Waals surface area contributed by atoms with E-state index in [0.717, 1.165) is 19.5 Å². The van der Waals surface area contributed by atoms with Crippen molar-refractivity contribution in [3.8, 4) is 0 Å². The van der Waals surface area contributed by atoms with Crippen LogP contribution < -0.4 is 10.2 Å². The Balaban J connectivity index is 2.43. The fourth-order valence-electron chi connectivity index (χ4n) is 1.10. The lowest BCUT2D eigenvalue weighted by molar-refractivity contribution is 0.704. The molecule has 0 atom stereocenters. The first-order chi connectivity index (χ1) is 6.74. The van der Waals surface area contributed by atoms with Crippen LogP contribution in [-0.2, 0) is 0 Å². The number of nitrogens with one attached hydrogen (secondary N) is 1. The predicted molar refractivity (Wildman–Crippen MR) is 58.9 cm³/mol. The molecule has 0 fully saturated rings. The zero-order chi connectivity index (χ0) is 10.4. The molecule has 0 unspecified atom stereocenters. The fourth-order valence-corrected chi connectivity index (χ4v) is 1.19. The molecular weight excluding hydrogens is 200 g/mol. The number of hydrogen-bond acceptors (Lipinski definition) is 4. The predicted octanol–water partition coefficient (Wildman–Crippen LogP) is 1.18. The van der Waals surface area contributed by atoms with E-state index in [4.69, 9.17) is 11.6 Å². The molecule has 78 valence electrons. The van der Waals surface area contributed by atoms with Gasteiger partial charge in [0.1, 0.15) is 0 Å². The quantitative estimate of drug-likeness (QED) is 0.748. The highest BCUT2D eigenvalue weighted by atomic mass is 35.5. The second-order valence-electron chi connectivity index (χ2n) is 3.08. The van der Waals surface area contributed by atoms with Gasteiger partial charge in [0.15, 0.2) is 0 Å². The smallest absolute Gasteiger partial charge is 0.225 e. The van der Waals surface area contributed by atoms with Crippen molar-refractivity contribution in [2.24, 2.45) is 0 Å². The van der Waals surface area contributed by atoms with E-state index in [1.807, 2.05) is 19.0 Å². The van der Waals surface area contributed by atoms with Crippen LogP contribution in [0.1, 0.15) is 6.42 Å². The first kappa shape index (κ1) is 11.2. The van der Waals surface area contributed by atoms with Gasteiger partial charge in [-0.15, -0.1) is 0 Å². The summed E-state index contributed by atoms with van der Waals surface area (Å²) >= 11 is 5.69. The Bertz CT molecular complexity index is 262. The molecule has 0 spiro atoms. The van der Waals surface area contributed by atoms with Crippen molar-refractivity contribution in [3.05, 3.63) is 17.4 Å². The Labute approximate surface area is 89.3 Å². The topological polar surface area (TPSA) is 41.0 Å². The SMILES string of the molecule is CNCCCN(C)c1ncc(Cl)cn1. The minimum absolute atomic E-state index is 0.567. The third-order valence-electron chi connectivity index (χ3n) is 1.87. The molecule has 14 heavy (non-hydrogen) atoms. The lowest BCUT2D eigenvalue weighted by Gasteiger charge is -2.16. The van der Waals surface area contributed by atoms with Crippen molar-refractivity contribution >= 4 is 17.5 Å². The van der Waals surface area contributed by atoms with Gasteiger partial charge >= 0.3 is 0 Å². The zero-order valence-corrected chi connectivity index (χ0v) is 9.25. The molecule has 0 radical (unpaired) electrons. The highest BCUT2D eigenvalue weighted by Gasteiger charge is 2.02. The second kappa shape index (κ2) is 5.78. The van der Waals surface area contributed by atoms with Gasteiger partial charge in [-0.05, 0) is 20.0 Å². The third-order valence-corrected chi connectivity index (χ3v) is 2.06. The van der Waals surface area contributed by atoms with Crippen molar-refractivity contribution in [2.75, 3.05) is 32.1 Å². The molecule has 0 saturated heterocycles. The molecule has 1 aromatic heterocycles. The van der Waals surface area contributed by atoms with Gasteiger partial charge in [0.25, 0.3) is 0 Å². The lowest BCUT2D eigenvalue weighted by atomic mass is 10.4. The Morgan fingerprint density at radius 2 is 2.07 bits per heavy atom. The maximum Gasteiger partial charge on any atom is 0.225 e. The van der Waals surface area contributed by atoms with E-state index >= 15 is 0 Å². The van der Waals surface area contributed by atoms with Gasteiger partial charge in [-0.25, -0.2) is 9.97 Å². The first-order valence-corrected chi connectivity index (χ1v) is 4.95. The summed E-state index contributed by atoms with van der Waals surface area (Å²) in [6, 6.07) is 0. The molecule has 1 rings (SSSR count). The van der Waals surface area contributed by atoms with Crippen LogP contribution in [-0.4, -0.2) is 37.2 Å². The van der Waals surface area contributed by atoms with E-state index in [2.05, 4.69) is 15.3 Å². The van der Waals surface area contributed by atoms with Crippen LogP contribution in [0.2, 0.25) is 5.02 Å². The Kier molecular flexibility index (Phi) is 4.62. The van der Waals surface area contributed by atoms with Gasteiger partial charge < -0.3 is 10.2 Å². The molecule has 0 bridgehead atoms. The summed E-state index contributed by atoms with van der Waals surface area (Å²) in [5.74, 6) is 0.713. The van der Waals surface area contributed by atoms with Gasteiger partial charge in [0, 0.05) is 13.6 Å². The number of halogens is 1. The average molecular weight is 215 g/mol. The molecule has 0 aromatic carbocycles. The molecule has 1 heterocycles. The van der Waals surface area contributed by atoms with E-state index in [1.165, 1.54) is 0 Å². The number of rotatable bonds is 5. The molecule has 0 aliphatic heterocycles. The van der Waals surface area contributed by atoms with Gasteiger partial charge in [0.2, 0.25) is 5.95 Å². The monoisotopic (exact) mass is 214 g/mol. The third kappa shape index (κ3) is 3.47. The summed E-state index contributed by atoms with van der Waals surface area (Å²) in [7, 11) is 3.91. The number of hydrogen-bond donors (Lipinski definition) is 1. The minimum atomic E-state index is 0.567. The van der Waals surface area contributed by atoms with Gasteiger partial charge in [-0.1, -0.05) is 11.6 Å². The molecule has 1 N–H and O–H groups in total. The summed E-state index contributed by atoms with van der Waals surface area (Å²) in [6.45, 7) is 1.93. The van der Waals surface area contributed by atoms with Crippen molar-refractivity contribution in [1.82, 2.24) is 15.3 Å². The maximum absolute atomic E-state index is 5.69. The molecule has 0 aliphatic rings. The van der Waals surface area contributed by atoms with Crippen LogP contribution in [0.3, 0.4) is 0 Å². The van der Waals surface area contributed by atoms with Crippen LogP contribution >= 0.6 is 11.6 Å². The summed E-state index contributed by atoms with van der Waals surface area (Å²) < 4.78 is 0. The molecule has 5 heteroatoms. The largest absolute Gasteiger partial charge is 0.344 e.